The molecule has 7 heavy (non-hydrogen) atoms. The molecule has 3 N–H and O–H groups in total. The summed E-state index contributed by atoms with van der Waals surface area (Å²) in [6.45, 7) is 0. The zero-order valence-electron chi connectivity index (χ0n) is 4.08. The Kier molecular flexibility index (Phi) is 2.38. The molecule has 0 aromatic carbocycles. The lowest BCUT2D eigenvalue weighted by atomic mass is 9.99. The normalized spacial score (nSPS) is 24.9. The van der Waals surface area contributed by atoms with Crippen molar-refractivity contribution in [3.05, 3.63) is 0 Å². The van der Waals surface area contributed by atoms with Gasteiger partial charge in [0.05, 0.1) is 0 Å². The SMILES string of the molecule is ClC1(Cl)CCC1.N. The van der Waals surface area contributed by atoms with E-state index in [0.717, 1.165) is 12.8 Å². The van der Waals surface area contributed by atoms with Gasteiger partial charge in [0.2, 0.25) is 0 Å². The van der Waals surface area contributed by atoms with Gasteiger partial charge < -0.3 is 6.15 Å². The van der Waals surface area contributed by atoms with Crippen molar-refractivity contribution in [3.63, 3.8) is 0 Å². The molecule has 0 amide bonds. The van der Waals surface area contributed by atoms with Gasteiger partial charge in [-0.25, -0.2) is 0 Å². The fourth-order valence-electron chi connectivity index (χ4n) is 0.444. The van der Waals surface area contributed by atoms with Gasteiger partial charge >= 0.3 is 0 Å². The standard InChI is InChI=1S/C4H6Cl2.H3N/c5-4(6)2-1-3-4;/h1-3H2;1H3. The third-order valence-electron chi connectivity index (χ3n) is 1.09. The molecule has 0 aromatic rings. The lowest BCUT2D eigenvalue weighted by Crippen LogP contribution is -2.21. The smallest absolute Gasteiger partial charge is 0.118 e. The van der Waals surface area contributed by atoms with E-state index in [1.807, 2.05) is 0 Å². The van der Waals surface area contributed by atoms with E-state index in [0.29, 0.717) is 0 Å². The monoisotopic (exact) mass is 141 g/mol. The molecule has 3 heteroatoms. The van der Waals surface area contributed by atoms with Crippen LogP contribution in [0.2, 0.25) is 0 Å². The van der Waals surface area contributed by atoms with Crippen molar-refractivity contribution in [2.24, 2.45) is 0 Å². The molecule has 44 valence electrons. The molecule has 0 aliphatic heterocycles. The zero-order chi connectivity index (χ0) is 4.62. The second-order valence-corrected chi connectivity index (χ2v) is 3.35. The highest BCUT2D eigenvalue weighted by molar-refractivity contribution is 6.48. The first-order valence-corrected chi connectivity index (χ1v) is 2.84. The molecule has 0 heterocycles. The molecule has 0 unspecified atom stereocenters. The zero-order valence-corrected chi connectivity index (χ0v) is 5.60. The predicted molar refractivity (Wildman–Crippen MR) is 33.3 cm³/mol. The molecule has 1 aliphatic rings. The van der Waals surface area contributed by atoms with E-state index in [4.69, 9.17) is 23.2 Å². The molecule has 0 aromatic heterocycles. The molecule has 0 saturated heterocycles. The maximum absolute atomic E-state index is 5.57. The second-order valence-electron chi connectivity index (χ2n) is 1.71. The highest BCUT2D eigenvalue weighted by Gasteiger charge is 2.31. The third kappa shape index (κ3) is 1.85. The highest BCUT2D eigenvalue weighted by atomic mass is 35.5. The molecule has 1 nitrogen and oxygen atoms in total. The Bertz CT molecular complexity index is 56.7. The molecule has 1 rings (SSSR count). The van der Waals surface area contributed by atoms with Crippen molar-refractivity contribution in [2.75, 3.05) is 0 Å². The van der Waals surface area contributed by atoms with Crippen LogP contribution in [-0.4, -0.2) is 4.33 Å². The Morgan fingerprint density at radius 2 is 1.43 bits per heavy atom. The summed E-state index contributed by atoms with van der Waals surface area (Å²) in [6, 6.07) is 0. The van der Waals surface area contributed by atoms with Crippen molar-refractivity contribution >= 4 is 23.2 Å². The molecule has 0 radical (unpaired) electrons. The molecular weight excluding hydrogens is 133 g/mol. The van der Waals surface area contributed by atoms with Crippen LogP contribution in [0.3, 0.4) is 0 Å². The minimum absolute atomic E-state index is 0. The van der Waals surface area contributed by atoms with Gasteiger partial charge in [0.1, 0.15) is 4.33 Å². The van der Waals surface area contributed by atoms with Crippen LogP contribution >= 0.6 is 23.2 Å². The molecule has 0 bridgehead atoms. The molecule has 1 saturated carbocycles. The topological polar surface area (TPSA) is 35.0 Å². The fraction of sp³-hybridized carbons (Fsp3) is 1.00. The quantitative estimate of drug-likeness (QED) is 0.518. The van der Waals surface area contributed by atoms with E-state index in [1.165, 1.54) is 6.42 Å². The van der Waals surface area contributed by atoms with Crippen molar-refractivity contribution in [1.29, 1.82) is 0 Å². The van der Waals surface area contributed by atoms with E-state index in [-0.39, 0.29) is 10.5 Å². The predicted octanol–water partition coefficient (Wildman–Crippen LogP) is 2.51. The molecular formula is C4H9Cl2N. The Hall–Kier alpha value is 0.540. The molecule has 0 spiro atoms. The second kappa shape index (κ2) is 2.21. The van der Waals surface area contributed by atoms with Crippen LogP contribution in [-0.2, 0) is 0 Å². The summed E-state index contributed by atoms with van der Waals surface area (Å²) in [5.41, 5.74) is 0. The van der Waals surface area contributed by atoms with Gasteiger partial charge in [0, 0.05) is 0 Å². The van der Waals surface area contributed by atoms with Crippen LogP contribution in [0.25, 0.3) is 0 Å². The summed E-state index contributed by atoms with van der Waals surface area (Å²) in [7, 11) is 0. The van der Waals surface area contributed by atoms with Gasteiger partial charge in [0.25, 0.3) is 0 Å². The van der Waals surface area contributed by atoms with Gasteiger partial charge in [-0.3, -0.25) is 0 Å². The summed E-state index contributed by atoms with van der Waals surface area (Å²) in [5, 5.41) is 0. The summed E-state index contributed by atoms with van der Waals surface area (Å²) >= 11 is 11.1. The average molecular weight is 142 g/mol. The fourth-order valence-corrected chi connectivity index (χ4v) is 0.979. The van der Waals surface area contributed by atoms with Gasteiger partial charge in [-0.2, -0.15) is 0 Å². The Morgan fingerprint density at radius 1 is 1.14 bits per heavy atom. The molecule has 1 fully saturated rings. The van der Waals surface area contributed by atoms with E-state index >= 15 is 0 Å². The first-order valence-electron chi connectivity index (χ1n) is 2.09. The van der Waals surface area contributed by atoms with Crippen LogP contribution in [0.4, 0.5) is 0 Å². The molecule has 0 atom stereocenters. The van der Waals surface area contributed by atoms with Crippen molar-refractivity contribution < 1.29 is 0 Å². The van der Waals surface area contributed by atoms with Gasteiger partial charge in [-0.1, -0.05) is 0 Å². The third-order valence-corrected chi connectivity index (χ3v) is 1.84. The van der Waals surface area contributed by atoms with E-state index in [2.05, 4.69) is 0 Å². The summed E-state index contributed by atoms with van der Waals surface area (Å²) in [6.07, 6.45) is 3.17. The number of hydrogen-bond acceptors (Lipinski definition) is 1. The lowest BCUT2D eigenvalue weighted by molar-refractivity contribution is 0.467. The number of rotatable bonds is 0. The number of halogens is 2. The summed E-state index contributed by atoms with van der Waals surface area (Å²) in [5.74, 6) is 0. The van der Waals surface area contributed by atoms with Crippen LogP contribution in [0.5, 0.6) is 0 Å². The first-order chi connectivity index (χ1) is 2.71. The van der Waals surface area contributed by atoms with Gasteiger partial charge in [-0.15, -0.1) is 23.2 Å². The Labute approximate surface area is 53.6 Å². The van der Waals surface area contributed by atoms with Crippen molar-refractivity contribution in [1.82, 2.24) is 6.15 Å². The highest BCUT2D eigenvalue weighted by Crippen LogP contribution is 2.41. The van der Waals surface area contributed by atoms with Crippen LogP contribution in [0.15, 0.2) is 0 Å². The van der Waals surface area contributed by atoms with Gasteiger partial charge in [-0.05, 0) is 19.3 Å². The van der Waals surface area contributed by atoms with Crippen LogP contribution in [0, 0.1) is 0 Å². The summed E-state index contributed by atoms with van der Waals surface area (Å²) in [4.78, 5) is 0. The molecule has 1 aliphatic carbocycles. The largest absolute Gasteiger partial charge is 0.344 e. The van der Waals surface area contributed by atoms with E-state index in [9.17, 15) is 0 Å². The lowest BCUT2D eigenvalue weighted by Gasteiger charge is -2.27. The minimum Gasteiger partial charge on any atom is -0.344 e. The number of alkyl halides is 2. The van der Waals surface area contributed by atoms with Crippen molar-refractivity contribution in [3.8, 4) is 0 Å². The van der Waals surface area contributed by atoms with Crippen LogP contribution in [0.1, 0.15) is 19.3 Å². The first kappa shape index (κ1) is 7.54. The maximum atomic E-state index is 5.57. The maximum Gasteiger partial charge on any atom is 0.118 e. The minimum atomic E-state index is -0.333. The van der Waals surface area contributed by atoms with Crippen molar-refractivity contribution in [2.45, 2.75) is 23.6 Å². The number of hydrogen-bond donors (Lipinski definition) is 1. The van der Waals surface area contributed by atoms with Gasteiger partial charge in [0.15, 0.2) is 0 Å². The Morgan fingerprint density at radius 3 is 1.43 bits per heavy atom. The van der Waals surface area contributed by atoms with Crippen LogP contribution < -0.4 is 6.15 Å². The average Bonchev–Trinajstić information content (AvgIpc) is 1.32. The van der Waals surface area contributed by atoms with E-state index in [1.54, 1.807) is 0 Å². The summed E-state index contributed by atoms with van der Waals surface area (Å²) < 4.78 is -0.333. The Balaban J connectivity index is 0.000000360. The van der Waals surface area contributed by atoms with E-state index < -0.39 is 0 Å².